The van der Waals surface area contributed by atoms with Gasteiger partial charge in [0.1, 0.15) is 0 Å². The van der Waals surface area contributed by atoms with Crippen molar-refractivity contribution in [2.24, 2.45) is 5.92 Å². The van der Waals surface area contributed by atoms with Crippen molar-refractivity contribution in [3.05, 3.63) is 70.8 Å². The number of pyridine rings is 1. The van der Waals surface area contributed by atoms with Crippen molar-refractivity contribution in [3.63, 3.8) is 0 Å². The van der Waals surface area contributed by atoms with Crippen molar-refractivity contribution in [2.45, 2.75) is 26.3 Å². The number of carbonyl (C=O) groups is 2. The van der Waals surface area contributed by atoms with Crippen molar-refractivity contribution in [2.75, 3.05) is 20.2 Å². The number of ether oxygens (including phenoxy) is 1. The van der Waals surface area contributed by atoms with Crippen molar-refractivity contribution >= 4 is 33.8 Å². The third-order valence-corrected chi connectivity index (χ3v) is 6.77. The van der Waals surface area contributed by atoms with E-state index < -0.39 is 17.8 Å². The van der Waals surface area contributed by atoms with Crippen LogP contribution in [0.15, 0.2) is 42.5 Å². The molecular weight excluding hydrogens is 463 g/mol. The first-order chi connectivity index (χ1) is 17.4. The van der Waals surface area contributed by atoms with Crippen LogP contribution in [0.3, 0.4) is 0 Å². The highest BCUT2D eigenvalue weighted by Crippen LogP contribution is 2.35. The number of carboxylic acid groups (broad SMARTS) is 1. The SMILES string of the molecule is COc1ccc(Cc2nc3c(c4c2[nH]c2ccccc24)CCN(C(=O)[C@@H](C)CNC(=O)O)C3)cc1F. The molecule has 0 radical (unpaired) electrons. The predicted octanol–water partition coefficient (Wildman–Crippen LogP) is 4.24. The van der Waals surface area contributed by atoms with Crippen molar-refractivity contribution in [3.8, 4) is 5.75 Å². The number of aromatic nitrogens is 2. The van der Waals surface area contributed by atoms with Gasteiger partial charge in [-0.05, 0) is 35.7 Å². The van der Waals surface area contributed by atoms with Crippen LogP contribution in [-0.4, -0.2) is 52.2 Å². The number of halogens is 1. The maximum absolute atomic E-state index is 14.4. The van der Waals surface area contributed by atoms with E-state index in [9.17, 15) is 14.0 Å². The van der Waals surface area contributed by atoms with Crippen LogP contribution in [0.4, 0.5) is 9.18 Å². The standard InChI is InChI=1S/C27H27FN4O4/c1-15(13-29-27(34)35)26(33)32-10-9-18-22(14-32)30-21(12-16-7-8-23(36-2)19(28)11-16)25-24(18)17-5-3-4-6-20(17)31-25/h3-8,11,15,29,31H,9-10,12-14H2,1-2H3,(H,34,35)/t15-/m0/s1. The highest BCUT2D eigenvalue weighted by atomic mass is 19.1. The number of fused-ring (bicyclic) bond motifs is 5. The number of aromatic amines is 1. The number of para-hydroxylation sites is 1. The summed E-state index contributed by atoms with van der Waals surface area (Å²) in [6.45, 7) is 2.64. The molecule has 36 heavy (non-hydrogen) atoms. The molecule has 8 nitrogen and oxygen atoms in total. The number of carbonyl (C=O) groups excluding carboxylic acids is 1. The summed E-state index contributed by atoms with van der Waals surface area (Å²) < 4.78 is 19.4. The van der Waals surface area contributed by atoms with Crippen LogP contribution in [0.25, 0.3) is 21.8 Å². The molecular formula is C27H27FN4O4. The third kappa shape index (κ3) is 4.32. The topological polar surface area (TPSA) is 108 Å². The van der Waals surface area contributed by atoms with Gasteiger partial charge in [-0.15, -0.1) is 0 Å². The smallest absolute Gasteiger partial charge is 0.404 e. The zero-order valence-corrected chi connectivity index (χ0v) is 20.1. The second-order valence-electron chi connectivity index (χ2n) is 9.15. The first-order valence-electron chi connectivity index (χ1n) is 11.8. The van der Waals surface area contributed by atoms with Crippen LogP contribution < -0.4 is 10.1 Å². The molecule has 3 heterocycles. The quantitative estimate of drug-likeness (QED) is 0.375. The van der Waals surface area contributed by atoms with Crippen LogP contribution in [0.1, 0.15) is 29.4 Å². The molecule has 0 saturated heterocycles. The fourth-order valence-corrected chi connectivity index (χ4v) is 4.98. The Bertz CT molecular complexity index is 1480. The lowest BCUT2D eigenvalue weighted by atomic mass is 9.95. The highest BCUT2D eigenvalue weighted by Gasteiger charge is 2.28. The van der Waals surface area contributed by atoms with E-state index in [1.165, 1.54) is 13.2 Å². The van der Waals surface area contributed by atoms with E-state index in [0.717, 1.165) is 44.3 Å². The summed E-state index contributed by atoms with van der Waals surface area (Å²) in [4.78, 5) is 34.1. The molecule has 186 valence electrons. The van der Waals surface area contributed by atoms with E-state index in [4.69, 9.17) is 14.8 Å². The maximum Gasteiger partial charge on any atom is 0.404 e. The molecule has 5 rings (SSSR count). The number of H-pyrrole nitrogens is 1. The summed E-state index contributed by atoms with van der Waals surface area (Å²) >= 11 is 0. The Morgan fingerprint density at radius 2 is 2.08 bits per heavy atom. The molecule has 0 spiro atoms. The summed E-state index contributed by atoms with van der Waals surface area (Å²) in [5.41, 5.74) is 5.38. The van der Waals surface area contributed by atoms with Gasteiger partial charge in [0.25, 0.3) is 0 Å². The molecule has 3 N–H and O–H groups in total. The molecule has 1 atom stereocenters. The first-order valence-corrected chi connectivity index (χ1v) is 11.8. The summed E-state index contributed by atoms with van der Waals surface area (Å²) in [6, 6.07) is 13.0. The number of nitrogens with zero attached hydrogens (tertiary/aromatic N) is 2. The van der Waals surface area contributed by atoms with Crippen LogP contribution in [0.2, 0.25) is 0 Å². The van der Waals surface area contributed by atoms with Gasteiger partial charge in [-0.1, -0.05) is 31.2 Å². The minimum Gasteiger partial charge on any atom is -0.494 e. The van der Waals surface area contributed by atoms with Gasteiger partial charge in [0, 0.05) is 35.8 Å². The molecule has 0 saturated carbocycles. The number of hydrogen-bond acceptors (Lipinski definition) is 4. The molecule has 2 aromatic carbocycles. The minimum absolute atomic E-state index is 0.0563. The van der Waals surface area contributed by atoms with E-state index in [-0.39, 0.29) is 18.2 Å². The second-order valence-corrected chi connectivity index (χ2v) is 9.15. The monoisotopic (exact) mass is 490 g/mol. The molecule has 0 fully saturated rings. The number of methoxy groups -OCH3 is 1. The largest absolute Gasteiger partial charge is 0.494 e. The average molecular weight is 491 g/mol. The Labute approximate surface area is 207 Å². The molecule has 1 aliphatic rings. The van der Waals surface area contributed by atoms with Crippen LogP contribution in [0, 0.1) is 11.7 Å². The molecule has 9 heteroatoms. The Morgan fingerprint density at radius 3 is 2.83 bits per heavy atom. The van der Waals surface area contributed by atoms with Gasteiger partial charge >= 0.3 is 6.09 Å². The molecule has 2 aromatic heterocycles. The summed E-state index contributed by atoms with van der Waals surface area (Å²) in [5, 5.41) is 13.3. The van der Waals surface area contributed by atoms with E-state index in [0.29, 0.717) is 25.9 Å². The van der Waals surface area contributed by atoms with Crippen molar-refractivity contribution < 1.29 is 23.8 Å². The number of amides is 2. The van der Waals surface area contributed by atoms with Gasteiger partial charge in [0.2, 0.25) is 5.91 Å². The lowest BCUT2D eigenvalue weighted by Gasteiger charge is -2.31. The lowest BCUT2D eigenvalue weighted by molar-refractivity contribution is -0.135. The van der Waals surface area contributed by atoms with Gasteiger partial charge < -0.3 is 25.0 Å². The average Bonchev–Trinajstić information content (AvgIpc) is 3.27. The number of rotatable bonds is 6. The Kier molecular flexibility index (Phi) is 6.22. The molecule has 0 bridgehead atoms. The zero-order chi connectivity index (χ0) is 25.4. The summed E-state index contributed by atoms with van der Waals surface area (Å²) in [6.07, 6.45) is -0.102. The number of nitrogens with one attached hydrogen (secondary N) is 2. The van der Waals surface area contributed by atoms with Crippen LogP contribution in [0.5, 0.6) is 5.75 Å². The Hall–Kier alpha value is -4.14. The van der Waals surface area contributed by atoms with E-state index in [1.807, 2.05) is 24.3 Å². The summed E-state index contributed by atoms with van der Waals surface area (Å²) in [7, 11) is 1.43. The fraction of sp³-hybridized carbons (Fsp3) is 0.296. The van der Waals surface area contributed by atoms with Crippen molar-refractivity contribution in [1.29, 1.82) is 0 Å². The molecule has 0 aliphatic carbocycles. The van der Waals surface area contributed by atoms with Gasteiger partial charge in [-0.2, -0.15) is 0 Å². The fourth-order valence-electron chi connectivity index (χ4n) is 4.98. The first kappa shape index (κ1) is 23.6. The Balaban J connectivity index is 1.55. The molecule has 4 aromatic rings. The molecule has 0 unspecified atom stereocenters. The van der Waals surface area contributed by atoms with Crippen LogP contribution in [-0.2, 0) is 24.2 Å². The van der Waals surface area contributed by atoms with Crippen LogP contribution >= 0.6 is 0 Å². The third-order valence-electron chi connectivity index (χ3n) is 6.77. The normalized spacial score (nSPS) is 14.0. The van der Waals surface area contributed by atoms with Gasteiger partial charge in [-0.3, -0.25) is 9.78 Å². The second kappa shape index (κ2) is 9.49. The zero-order valence-electron chi connectivity index (χ0n) is 20.1. The van der Waals surface area contributed by atoms with Gasteiger partial charge in [-0.25, -0.2) is 9.18 Å². The minimum atomic E-state index is -1.15. The van der Waals surface area contributed by atoms with Gasteiger partial charge in [0.05, 0.1) is 36.5 Å². The predicted molar refractivity (Wildman–Crippen MR) is 134 cm³/mol. The van der Waals surface area contributed by atoms with Gasteiger partial charge in [0.15, 0.2) is 11.6 Å². The van der Waals surface area contributed by atoms with E-state index >= 15 is 0 Å². The number of hydrogen-bond donors (Lipinski definition) is 3. The lowest BCUT2D eigenvalue weighted by Crippen LogP contribution is -2.42. The number of benzene rings is 2. The van der Waals surface area contributed by atoms with E-state index in [2.05, 4.69) is 16.4 Å². The van der Waals surface area contributed by atoms with E-state index in [1.54, 1.807) is 17.9 Å². The Morgan fingerprint density at radius 1 is 1.28 bits per heavy atom. The molecule has 2 amide bonds. The highest BCUT2D eigenvalue weighted by molar-refractivity contribution is 6.10. The summed E-state index contributed by atoms with van der Waals surface area (Å²) in [5.74, 6) is -0.842. The van der Waals surface area contributed by atoms with Crippen molar-refractivity contribution in [1.82, 2.24) is 20.2 Å². The maximum atomic E-state index is 14.4. The molecule has 1 aliphatic heterocycles.